The van der Waals surface area contributed by atoms with E-state index in [4.69, 9.17) is 11.6 Å². The first-order valence-electron chi connectivity index (χ1n) is 9.01. The molecule has 1 aliphatic carbocycles. The molecule has 0 unspecified atom stereocenters. The van der Waals surface area contributed by atoms with Crippen molar-refractivity contribution in [1.82, 2.24) is 9.55 Å². The molecule has 1 fully saturated rings. The Morgan fingerprint density at radius 3 is 2.76 bits per heavy atom. The van der Waals surface area contributed by atoms with Crippen LogP contribution in [0.1, 0.15) is 30.0 Å². The number of aromatic nitrogens is 2. The highest BCUT2D eigenvalue weighted by Crippen LogP contribution is 2.42. The maximum atomic E-state index is 13.0. The molecule has 0 aliphatic heterocycles. The number of halogens is 4. The van der Waals surface area contributed by atoms with Gasteiger partial charge in [-0.25, -0.2) is 4.98 Å². The van der Waals surface area contributed by atoms with Gasteiger partial charge in [0.05, 0.1) is 22.3 Å². The van der Waals surface area contributed by atoms with Gasteiger partial charge in [0.15, 0.2) is 5.16 Å². The predicted molar refractivity (Wildman–Crippen MR) is 109 cm³/mol. The molecule has 0 radical (unpaired) electrons. The SMILES string of the molecule is Cc1c(Cl)cccc1NC(=O)CSc1nc2cc(C(F)(F)F)ccc2n1C1CC1. The molecule has 152 valence electrons. The van der Waals surface area contributed by atoms with Crippen molar-refractivity contribution in [1.29, 1.82) is 0 Å². The minimum Gasteiger partial charge on any atom is -0.325 e. The third-order valence-corrected chi connectivity index (χ3v) is 6.13. The number of thioether (sulfide) groups is 1. The summed E-state index contributed by atoms with van der Waals surface area (Å²) in [6.07, 6.45) is -2.51. The normalized spacial score (nSPS) is 14.4. The van der Waals surface area contributed by atoms with E-state index in [1.165, 1.54) is 17.8 Å². The first-order valence-corrected chi connectivity index (χ1v) is 10.4. The largest absolute Gasteiger partial charge is 0.416 e. The van der Waals surface area contributed by atoms with Gasteiger partial charge in [0.25, 0.3) is 0 Å². The Bertz CT molecular complexity index is 1090. The minimum absolute atomic E-state index is 0.0914. The lowest BCUT2D eigenvalue weighted by Crippen LogP contribution is -2.15. The van der Waals surface area contributed by atoms with E-state index in [-0.39, 0.29) is 17.7 Å². The lowest BCUT2D eigenvalue weighted by molar-refractivity contribution is -0.137. The third kappa shape index (κ3) is 4.23. The third-order valence-electron chi connectivity index (χ3n) is 4.77. The number of hydrogen-bond acceptors (Lipinski definition) is 3. The van der Waals surface area contributed by atoms with Crippen LogP contribution in [-0.2, 0) is 11.0 Å². The molecule has 2 aromatic carbocycles. The van der Waals surface area contributed by atoms with Gasteiger partial charge in [-0.1, -0.05) is 29.4 Å². The van der Waals surface area contributed by atoms with Crippen LogP contribution in [0.4, 0.5) is 18.9 Å². The fraction of sp³-hybridized carbons (Fsp3) is 0.300. The maximum absolute atomic E-state index is 13.0. The fourth-order valence-corrected chi connectivity index (χ4v) is 4.16. The van der Waals surface area contributed by atoms with Crippen LogP contribution < -0.4 is 5.32 Å². The van der Waals surface area contributed by atoms with Crippen molar-refractivity contribution in [2.45, 2.75) is 37.1 Å². The number of alkyl halides is 3. The molecule has 0 bridgehead atoms. The van der Waals surface area contributed by atoms with Crippen LogP contribution in [0, 0.1) is 6.92 Å². The summed E-state index contributed by atoms with van der Waals surface area (Å²) in [6, 6.07) is 9.08. The van der Waals surface area contributed by atoms with Crippen LogP contribution in [0.5, 0.6) is 0 Å². The minimum atomic E-state index is -4.42. The number of fused-ring (bicyclic) bond motifs is 1. The summed E-state index contributed by atoms with van der Waals surface area (Å²) >= 11 is 7.29. The number of imidazole rings is 1. The number of carbonyl (C=O) groups is 1. The second-order valence-electron chi connectivity index (χ2n) is 6.95. The summed E-state index contributed by atoms with van der Waals surface area (Å²) in [7, 11) is 0. The zero-order chi connectivity index (χ0) is 20.8. The summed E-state index contributed by atoms with van der Waals surface area (Å²) in [5.41, 5.74) is 1.64. The van der Waals surface area contributed by atoms with Gasteiger partial charge in [-0.3, -0.25) is 4.79 Å². The molecule has 4 rings (SSSR count). The predicted octanol–water partition coefficient (Wildman–Crippen LogP) is 6.08. The van der Waals surface area contributed by atoms with E-state index in [0.717, 1.165) is 30.5 Å². The highest BCUT2D eigenvalue weighted by atomic mass is 35.5. The molecule has 0 atom stereocenters. The summed E-state index contributed by atoms with van der Waals surface area (Å²) < 4.78 is 41.0. The van der Waals surface area contributed by atoms with E-state index in [9.17, 15) is 18.0 Å². The van der Waals surface area contributed by atoms with Gasteiger partial charge in [0.1, 0.15) is 0 Å². The highest BCUT2D eigenvalue weighted by molar-refractivity contribution is 7.99. The summed E-state index contributed by atoms with van der Waals surface area (Å²) in [6.45, 7) is 1.82. The molecule has 9 heteroatoms. The molecular formula is C20H17ClF3N3OS. The number of nitrogens with zero attached hydrogens (tertiary/aromatic N) is 2. The van der Waals surface area contributed by atoms with Crippen molar-refractivity contribution in [3.05, 3.63) is 52.5 Å². The lowest BCUT2D eigenvalue weighted by atomic mass is 10.2. The van der Waals surface area contributed by atoms with Crippen LogP contribution in [-0.4, -0.2) is 21.2 Å². The fourth-order valence-electron chi connectivity index (χ4n) is 3.10. The second-order valence-corrected chi connectivity index (χ2v) is 8.30. The van der Waals surface area contributed by atoms with Crippen molar-refractivity contribution in [3.8, 4) is 0 Å². The molecule has 4 nitrogen and oxygen atoms in total. The molecule has 29 heavy (non-hydrogen) atoms. The van der Waals surface area contributed by atoms with Crippen LogP contribution in [0.3, 0.4) is 0 Å². The van der Waals surface area contributed by atoms with Crippen molar-refractivity contribution in [2.75, 3.05) is 11.1 Å². The number of benzene rings is 2. The molecular weight excluding hydrogens is 423 g/mol. The van der Waals surface area contributed by atoms with E-state index < -0.39 is 11.7 Å². The maximum Gasteiger partial charge on any atom is 0.416 e. The number of carbonyl (C=O) groups excluding carboxylic acids is 1. The Labute approximate surface area is 174 Å². The van der Waals surface area contributed by atoms with Crippen LogP contribution in [0.25, 0.3) is 11.0 Å². The molecule has 1 N–H and O–H groups in total. The van der Waals surface area contributed by atoms with E-state index >= 15 is 0 Å². The average molecular weight is 440 g/mol. The van der Waals surface area contributed by atoms with E-state index in [2.05, 4.69) is 10.3 Å². The van der Waals surface area contributed by atoms with Gasteiger partial charge >= 0.3 is 6.18 Å². The number of anilines is 1. The van der Waals surface area contributed by atoms with Crippen LogP contribution in [0.15, 0.2) is 41.6 Å². The van der Waals surface area contributed by atoms with Crippen LogP contribution >= 0.6 is 23.4 Å². The molecule has 1 aliphatic rings. The highest BCUT2D eigenvalue weighted by Gasteiger charge is 2.33. The Hall–Kier alpha value is -2.19. The van der Waals surface area contributed by atoms with Crippen LogP contribution in [0.2, 0.25) is 5.02 Å². The molecule has 1 amide bonds. The Kier molecular flexibility index (Phi) is 5.25. The molecule has 1 aromatic heterocycles. The van der Waals surface area contributed by atoms with Gasteiger partial charge in [-0.05, 0) is 55.7 Å². The molecule has 3 aromatic rings. The van der Waals surface area contributed by atoms with Crippen molar-refractivity contribution < 1.29 is 18.0 Å². The second kappa shape index (κ2) is 7.57. The van der Waals surface area contributed by atoms with E-state index in [0.29, 0.717) is 26.9 Å². The quantitative estimate of drug-likeness (QED) is 0.490. The van der Waals surface area contributed by atoms with Gasteiger partial charge in [0, 0.05) is 16.8 Å². The van der Waals surface area contributed by atoms with Gasteiger partial charge in [0.2, 0.25) is 5.91 Å². The smallest absolute Gasteiger partial charge is 0.325 e. The molecule has 1 saturated carbocycles. The zero-order valence-electron chi connectivity index (χ0n) is 15.4. The van der Waals surface area contributed by atoms with Gasteiger partial charge in [-0.2, -0.15) is 13.2 Å². The van der Waals surface area contributed by atoms with E-state index in [1.807, 2.05) is 11.5 Å². The summed E-state index contributed by atoms with van der Waals surface area (Å²) in [5, 5.41) is 3.94. The number of hydrogen-bond donors (Lipinski definition) is 1. The first-order chi connectivity index (χ1) is 13.7. The van der Waals surface area contributed by atoms with Gasteiger partial charge < -0.3 is 9.88 Å². The number of rotatable bonds is 5. The van der Waals surface area contributed by atoms with Gasteiger partial charge in [-0.15, -0.1) is 0 Å². The zero-order valence-corrected chi connectivity index (χ0v) is 17.0. The van der Waals surface area contributed by atoms with Crippen molar-refractivity contribution >= 4 is 46.0 Å². The summed E-state index contributed by atoms with van der Waals surface area (Å²) in [5.74, 6) is -0.139. The molecule has 0 saturated heterocycles. The number of nitrogens with one attached hydrogen (secondary N) is 1. The topological polar surface area (TPSA) is 46.9 Å². The Balaban J connectivity index is 1.55. The Morgan fingerprint density at radius 2 is 2.07 bits per heavy atom. The van der Waals surface area contributed by atoms with E-state index in [1.54, 1.807) is 18.2 Å². The van der Waals surface area contributed by atoms with Crippen molar-refractivity contribution in [2.24, 2.45) is 0 Å². The monoisotopic (exact) mass is 439 g/mol. The lowest BCUT2D eigenvalue weighted by Gasteiger charge is -2.10. The van der Waals surface area contributed by atoms with Crippen molar-refractivity contribution in [3.63, 3.8) is 0 Å². The first kappa shape index (κ1) is 20.1. The molecule has 1 heterocycles. The Morgan fingerprint density at radius 1 is 1.31 bits per heavy atom. The number of amides is 1. The standard InChI is InChI=1S/C20H17ClF3N3OS/c1-11-14(21)3-2-4-15(11)25-18(28)10-29-19-26-16-9-12(20(22,23)24)5-8-17(16)27(19)13-6-7-13/h2-5,8-9,13H,6-7,10H2,1H3,(H,25,28). The molecule has 0 spiro atoms. The summed E-state index contributed by atoms with van der Waals surface area (Å²) in [4.78, 5) is 16.8. The average Bonchev–Trinajstić information content (AvgIpc) is 3.43.